The van der Waals surface area contributed by atoms with Gasteiger partial charge in [-0.3, -0.25) is 0 Å². The van der Waals surface area contributed by atoms with Crippen molar-refractivity contribution in [1.29, 1.82) is 0 Å². The van der Waals surface area contributed by atoms with E-state index < -0.39 is 0 Å². The molecule has 0 atom stereocenters. The first kappa shape index (κ1) is 39.9. The molecule has 314 valence electrons. The van der Waals surface area contributed by atoms with Gasteiger partial charge in [-0.05, 0) is 141 Å². The van der Waals surface area contributed by atoms with Gasteiger partial charge in [0.05, 0.1) is 11.4 Å². The molecule has 1 heterocycles. The topological polar surface area (TPSA) is 19.6 Å². The highest BCUT2D eigenvalue weighted by molar-refractivity contribution is 6.14. The molecular formula is C62H50N2O. The molecule has 11 aromatic rings. The van der Waals surface area contributed by atoms with Gasteiger partial charge in [0, 0.05) is 44.6 Å². The summed E-state index contributed by atoms with van der Waals surface area (Å²) in [4.78, 5) is 4.81. The summed E-state index contributed by atoms with van der Waals surface area (Å²) < 4.78 is 6.82. The fourth-order valence-corrected chi connectivity index (χ4v) is 9.43. The number of nitrogens with zero attached hydrogens (tertiary/aromatic N) is 2. The third-order valence-corrected chi connectivity index (χ3v) is 12.9. The molecule has 0 aliphatic rings. The van der Waals surface area contributed by atoms with Crippen LogP contribution < -0.4 is 9.80 Å². The molecular weight excluding hydrogens is 789 g/mol. The molecule has 0 saturated heterocycles. The minimum Gasteiger partial charge on any atom is -0.456 e. The summed E-state index contributed by atoms with van der Waals surface area (Å²) in [7, 11) is 0. The maximum Gasteiger partial charge on any atom is 0.136 e. The number of rotatable bonds is 10. The van der Waals surface area contributed by atoms with Crippen molar-refractivity contribution in [1.82, 2.24) is 0 Å². The lowest BCUT2D eigenvalue weighted by atomic mass is 9.95. The molecule has 3 heteroatoms. The van der Waals surface area contributed by atoms with Crippen molar-refractivity contribution in [3.63, 3.8) is 0 Å². The highest BCUT2D eigenvalue weighted by Crippen LogP contribution is 2.46. The minimum atomic E-state index is 0.384. The number of hydrogen-bond acceptors (Lipinski definition) is 3. The fraction of sp³-hybridized carbons (Fsp3) is 0.0968. The average molecular weight is 839 g/mol. The Bertz CT molecular complexity index is 3250. The predicted octanol–water partition coefficient (Wildman–Crippen LogP) is 18.4. The molecule has 0 aliphatic carbocycles. The van der Waals surface area contributed by atoms with Crippen molar-refractivity contribution in [3.8, 4) is 22.3 Å². The second-order valence-electron chi connectivity index (χ2n) is 17.8. The normalized spacial score (nSPS) is 11.7. The third kappa shape index (κ3) is 7.49. The summed E-state index contributed by atoms with van der Waals surface area (Å²) in [5.41, 5.74) is 15.8. The zero-order chi connectivity index (χ0) is 44.0. The van der Waals surface area contributed by atoms with Crippen LogP contribution in [0.4, 0.5) is 34.1 Å². The number of furan rings is 1. The van der Waals surface area contributed by atoms with Gasteiger partial charge < -0.3 is 14.2 Å². The lowest BCUT2D eigenvalue weighted by Crippen LogP contribution is -2.12. The SMILES string of the molecule is CC(C)c1ccc(-c2ccccc2)c(N(c2ccccc2)c2ccc3cc4c(cc3c2)oc2cc3cc(N(c5ccccc5)c5cc(C(C)C)ccc5-c5ccccc5)ccc3cc24)c1. The summed E-state index contributed by atoms with van der Waals surface area (Å²) in [6.07, 6.45) is 0. The van der Waals surface area contributed by atoms with E-state index in [0.717, 1.165) is 66.8 Å². The molecule has 65 heavy (non-hydrogen) atoms. The van der Waals surface area contributed by atoms with Crippen molar-refractivity contribution in [3.05, 3.63) is 230 Å². The highest BCUT2D eigenvalue weighted by Gasteiger charge is 2.22. The summed E-state index contributed by atoms with van der Waals surface area (Å²) in [5, 5.41) is 6.82. The molecule has 0 unspecified atom stereocenters. The molecule has 0 spiro atoms. The molecule has 0 N–H and O–H groups in total. The molecule has 0 saturated carbocycles. The van der Waals surface area contributed by atoms with E-state index in [2.05, 4.69) is 256 Å². The van der Waals surface area contributed by atoms with E-state index in [1.54, 1.807) is 0 Å². The summed E-state index contributed by atoms with van der Waals surface area (Å²) >= 11 is 0. The number of fused-ring (bicyclic) bond motifs is 5. The van der Waals surface area contributed by atoms with E-state index in [4.69, 9.17) is 4.42 Å². The van der Waals surface area contributed by atoms with Crippen molar-refractivity contribution >= 4 is 77.6 Å². The quantitative estimate of drug-likeness (QED) is 0.137. The van der Waals surface area contributed by atoms with Crippen LogP contribution in [0.3, 0.4) is 0 Å². The summed E-state index contributed by atoms with van der Waals surface area (Å²) in [6.45, 7) is 9.05. The second kappa shape index (κ2) is 16.7. The molecule has 1 aromatic heterocycles. The number of anilines is 6. The Morgan fingerprint density at radius 2 is 0.708 bits per heavy atom. The second-order valence-corrected chi connectivity index (χ2v) is 17.8. The third-order valence-electron chi connectivity index (χ3n) is 12.9. The Balaban J connectivity index is 1.04. The first-order valence-electron chi connectivity index (χ1n) is 22.8. The lowest BCUT2D eigenvalue weighted by Gasteiger charge is -2.29. The number of benzene rings is 10. The minimum absolute atomic E-state index is 0.384. The molecule has 3 nitrogen and oxygen atoms in total. The van der Waals surface area contributed by atoms with Crippen LogP contribution in [-0.2, 0) is 0 Å². The van der Waals surface area contributed by atoms with Gasteiger partial charge in [-0.2, -0.15) is 0 Å². The van der Waals surface area contributed by atoms with Crippen molar-refractivity contribution in [2.45, 2.75) is 39.5 Å². The largest absolute Gasteiger partial charge is 0.456 e. The van der Waals surface area contributed by atoms with Crippen molar-refractivity contribution in [2.75, 3.05) is 9.80 Å². The van der Waals surface area contributed by atoms with E-state index in [1.165, 1.54) is 44.2 Å². The van der Waals surface area contributed by atoms with E-state index in [1.807, 2.05) is 0 Å². The van der Waals surface area contributed by atoms with E-state index in [-0.39, 0.29) is 0 Å². The summed E-state index contributed by atoms with van der Waals surface area (Å²) in [6, 6.07) is 79.4. The lowest BCUT2D eigenvalue weighted by molar-refractivity contribution is 0.670. The van der Waals surface area contributed by atoms with Crippen LogP contribution in [0.15, 0.2) is 223 Å². The first-order chi connectivity index (χ1) is 31.9. The van der Waals surface area contributed by atoms with Crippen molar-refractivity contribution in [2.24, 2.45) is 0 Å². The van der Waals surface area contributed by atoms with Gasteiger partial charge >= 0.3 is 0 Å². The van der Waals surface area contributed by atoms with E-state index in [0.29, 0.717) is 11.8 Å². The monoisotopic (exact) mass is 838 g/mol. The van der Waals surface area contributed by atoms with Crippen LogP contribution in [0.1, 0.15) is 50.7 Å². The van der Waals surface area contributed by atoms with Gasteiger partial charge in [0.1, 0.15) is 11.2 Å². The molecule has 0 bridgehead atoms. The van der Waals surface area contributed by atoms with Crippen LogP contribution in [0, 0.1) is 0 Å². The van der Waals surface area contributed by atoms with Gasteiger partial charge in [0.15, 0.2) is 0 Å². The average Bonchev–Trinajstić information content (AvgIpc) is 3.69. The Hall–Kier alpha value is -7.88. The highest BCUT2D eigenvalue weighted by atomic mass is 16.3. The van der Waals surface area contributed by atoms with Gasteiger partial charge in [-0.1, -0.05) is 161 Å². The van der Waals surface area contributed by atoms with Gasteiger partial charge in [-0.25, -0.2) is 0 Å². The Kier molecular flexibility index (Phi) is 10.2. The smallest absolute Gasteiger partial charge is 0.136 e. The molecule has 10 aromatic carbocycles. The number of para-hydroxylation sites is 2. The molecule has 0 amide bonds. The summed E-state index contributed by atoms with van der Waals surface area (Å²) in [5.74, 6) is 0.768. The van der Waals surface area contributed by atoms with Gasteiger partial charge in [0.25, 0.3) is 0 Å². The van der Waals surface area contributed by atoms with Crippen LogP contribution in [0.25, 0.3) is 65.7 Å². The zero-order valence-corrected chi connectivity index (χ0v) is 37.2. The first-order valence-corrected chi connectivity index (χ1v) is 22.8. The molecule has 0 fully saturated rings. The van der Waals surface area contributed by atoms with Gasteiger partial charge in [-0.15, -0.1) is 0 Å². The maximum absolute atomic E-state index is 6.82. The van der Waals surface area contributed by atoms with E-state index >= 15 is 0 Å². The van der Waals surface area contributed by atoms with Crippen molar-refractivity contribution < 1.29 is 4.42 Å². The molecule has 11 rings (SSSR count). The van der Waals surface area contributed by atoms with Crippen LogP contribution in [-0.4, -0.2) is 0 Å². The number of hydrogen-bond donors (Lipinski definition) is 0. The van der Waals surface area contributed by atoms with Crippen LogP contribution in [0.5, 0.6) is 0 Å². The van der Waals surface area contributed by atoms with Gasteiger partial charge in [0.2, 0.25) is 0 Å². The zero-order valence-electron chi connectivity index (χ0n) is 37.2. The predicted molar refractivity (Wildman–Crippen MR) is 277 cm³/mol. The van der Waals surface area contributed by atoms with Crippen LogP contribution >= 0.6 is 0 Å². The standard InChI is InChI=1S/C62H50N2O/c1-41(2)45-27-31-55(43-17-9-5-10-18-43)59(37-45)63(51-21-13-7-14-22-51)53-29-25-47-35-57-58-36-48-26-30-54(34-50(48)40-62(58)65-61(57)39-49(47)33-53)64(52-23-15-8-16-24-52)60-38-46(42(3)4)28-32-56(60)44-19-11-6-12-20-44/h5-42H,1-4H3. The maximum atomic E-state index is 6.82. The van der Waals surface area contributed by atoms with Crippen LogP contribution in [0.2, 0.25) is 0 Å². The Labute approximate surface area is 381 Å². The molecule has 0 aliphatic heterocycles. The Morgan fingerprint density at radius 3 is 1.09 bits per heavy atom. The van der Waals surface area contributed by atoms with E-state index in [9.17, 15) is 0 Å². The fourth-order valence-electron chi connectivity index (χ4n) is 9.43. The Morgan fingerprint density at radius 1 is 0.323 bits per heavy atom. The molecule has 0 radical (unpaired) electrons.